The minimum absolute atomic E-state index is 0.526. The molecule has 0 spiro atoms. The van der Waals surface area contributed by atoms with E-state index in [1.54, 1.807) is 8.61 Å². The van der Waals surface area contributed by atoms with Crippen molar-refractivity contribution in [1.29, 1.82) is 0 Å². The van der Waals surface area contributed by atoms with Crippen molar-refractivity contribution >= 4 is 10.2 Å². The number of hydrogen-bond acceptors (Lipinski definition) is 3. The van der Waals surface area contributed by atoms with Gasteiger partial charge in [0, 0.05) is 26.2 Å². The zero-order valence-electron chi connectivity index (χ0n) is 10.8. The van der Waals surface area contributed by atoms with Gasteiger partial charge in [-0.05, 0) is 44.2 Å². The van der Waals surface area contributed by atoms with Gasteiger partial charge >= 0.3 is 0 Å². The first-order valence-corrected chi connectivity index (χ1v) is 8.53. The highest BCUT2D eigenvalue weighted by atomic mass is 32.2. The second-order valence-corrected chi connectivity index (χ2v) is 7.72. The van der Waals surface area contributed by atoms with Crippen LogP contribution in [0.1, 0.15) is 25.7 Å². The maximum atomic E-state index is 12.6. The van der Waals surface area contributed by atoms with E-state index in [1.807, 2.05) is 0 Å². The van der Waals surface area contributed by atoms with E-state index < -0.39 is 10.2 Å². The lowest BCUT2D eigenvalue weighted by atomic mass is 9.90. The van der Waals surface area contributed by atoms with Crippen LogP contribution in [-0.4, -0.2) is 56.3 Å². The van der Waals surface area contributed by atoms with Gasteiger partial charge in [-0.15, -0.1) is 0 Å². The molecular formula is C12H23N3O2S. The summed E-state index contributed by atoms with van der Waals surface area (Å²) in [4.78, 5) is 0. The van der Waals surface area contributed by atoms with Gasteiger partial charge in [-0.25, -0.2) is 0 Å². The fourth-order valence-corrected chi connectivity index (χ4v) is 5.23. The number of nitrogens with one attached hydrogen (secondary N) is 1. The van der Waals surface area contributed by atoms with E-state index in [0.29, 0.717) is 31.5 Å². The van der Waals surface area contributed by atoms with Crippen molar-refractivity contribution in [2.75, 3.05) is 39.3 Å². The molecule has 3 aliphatic heterocycles. The Labute approximate surface area is 110 Å². The monoisotopic (exact) mass is 273 g/mol. The quantitative estimate of drug-likeness (QED) is 0.785. The van der Waals surface area contributed by atoms with E-state index in [2.05, 4.69) is 5.32 Å². The summed E-state index contributed by atoms with van der Waals surface area (Å²) in [5.41, 5.74) is 0. The van der Waals surface area contributed by atoms with Gasteiger partial charge in [-0.1, -0.05) is 6.42 Å². The highest BCUT2D eigenvalue weighted by Gasteiger charge is 2.39. The van der Waals surface area contributed by atoms with Gasteiger partial charge in [0.25, 0.3) is 10.2 Å². The minimum Gasteiger partial charge on any atom is -0.316 e. The average molecular weight is 273 g/mol. The van der Waals surface area contributed by atoms with Crippen LogP contribution in [0.3, 0.4) is 0 Å². The third-order valence-corrected chi connectivity index (χ3v) is 6.64. The van der Waals surface area contributed by atoms with Gasteiger partial charge in [-0.2, -0.15) is 17.0 Å². The van der Waals surface area contributed by atoms with Crippen molar-refractivity contribution in [3.8, 4) is 0 Å². The molecule has 0 saturated carbocycles. The summed E-state index contributed by atoms with van der Waals surface area (Å²) >= 11 is 0. The van der Waals surface area contributed by atoms with Crippen molar-refractivity contribution < 1.29 is 8.42 Å². The molecule has 6 heteroatoms. The lowest BCUT2D eigenvalue weighted by molar-refractivity contribution is 0.209. The Morgan fingerprint density at radius 2 is 1.61 bits per heavy atom. The zero-order valence-corrected chi connectivity index (χ0v) is 11.7. The molecule has 18 heavy (non-hydrogen) atoms. The minimum atomic E-state index is -3.18. The summed E-state index contributed by atoms with van der Waals surface area (Å²) in [5, 5.41) is 3.38. The molecule has 1 N–H and O–H groups in total. The van der Waals surface area contributed by atoms with Gasteiger partial charge in [-0.3, -0.25) is 0 Å². The Morgan fingerprint density at radius 3 is 2.39 bits per heavy atom. The van der Waals surface area contributed by atoms with Gasteiger partial charge in [0.05, 0.1) is 0 Å². The summed E-state index contributed by atoms with van der Waals surface area (Å²) in [7, 11) is -3.18. The Bertz CT molecular complexity index is 392. The number of hydrogen-bond donors (Lipinski definition) is 1. The standard InChI is InChI=1S/C12H23N3O2S/c16-18(17,14-5-2-1-3-6-14)15-7-4-11-8-13-9-12(11)10-15/h11-13H,1-10H2. The molecular weight excluding hydrogens is 250 g/mol. The molecule has 2 atom stereocenters. The van der Waals surface area contributed by atoms with E-state index in [9.17, 15) is 8.42 Å². The van der Waals surface area contributed by atoms with E-state index in [1.165, 1.54) is 6.42 Å². The first-order valence-electron chi connectivity index (χ1n) is 7.14. The van der Waals surface area contributed by atoms with E-state index in [0.717, 1.165) is 38.9 Å². The van der Waals surface area contributed by atoms with Crippen molar-refractivity contribution in [2.24, 2.45) is 11.8 Å². The number of nitrogens with zero attached hydrogens (tertiary/aromatic N) is 2. The van der Waals surface area contributed by atoms with Crippen LogP contribution >= 0.6 is 0 Å². The molecule has 3 saturated heterocycles. The molecule has 0 aromatic rings. The highest BCUT2D eigenvalue weighted by Crippen LogP contribution is 2.29. The fraction of sp³-hybridized carbons (Fsp3) is 1.00. The van der Waals surface area contributed by atoms with Gasteiger partial charge in [0.15, 0.2) is 0 Å². The molecule has 0 aromatic carbocycles. The molecule has 104 valence electrons. The second kappa shape index (κ2) is 5.07. The van der Waals surface area contributed by atoms with Crippen LogP contribution in [0, 0.1) is 11.8 Å². The Morgan fingerprint density at radius 1 is 0.889 bits per heavy atom. The average Bonchev–Trinajstić information content (AvgIpc) is 2.87. The normalized spacial score (nSPS) is 35.6. The SMILES string of the molecule is O=S(=O)(N1CCCCC1)N1CCC2CNCC2C1. The van der Waals surface area contributed by atoms with Crippen LogP contribution < -0.4 is 5.32 Å². The summed E-state index contributed by atoms with van der Waals surface area (Å²) in [5.74, 6) is 1.22. The van der Waals surface area contributed by atoms with Crippen LogP contribution in [0.4, 0.5) is 0 Å². The maximum Gasteiger partial charge on any atom is 0.281 e. The van der Waals surface area contributed by atoms with Crippen molar-refractivity contribution in [3.05, 3.63) is 0 Å². The zero-order chi connectivity index (χ0) is 12.6. The summed E-state index contributed by atoms with van der Waals surface area (Å²) < 4.78 is 28.5. The molecule has 5 nitrogen and oxygen atoms in total. The first-order chi connectivity index (χ1) is 8.68. The predicted octanol–water partition coefficient (Wildman–Crippen LogP) is 0.258. The van der Waals surface area contributed by atoms with Crippen molar-refractivity contribution in [1.82, 2.24) is 13.9 Å². The topological polar surface area (TPSA) is 52.7 Å². The molecule has 3 rings (SSSR count). The van der Waals surface area contributed by atoms with Crippen LogP contribution in [0.25, 0.3) is 0 Å². The molecule has 3 fully saturated rings. The van der Waals surface area contributed by atoms with Gasteiger partial charge in [0.2, 0.25) is 0 Å². The summed E-state index contributed by atoms with van der Waals surface area (Å²) in [6, 6.07) is 0. The molecule has 3 aliphatic rings. The lowest BCUT2D eigenvalue weighted by Crippen LogP contribution is -2.51. The Hall–Kier alpha value is -0.170. The Kier molecular flexibility index (Phi) is 3.62. The van der Waals surface area contributed by atoms with Crippen molar-refractivity contribution in [2.45, 2.75) is 25.7 Å². The molecule has 0 bridgehead atoms. The largest absolute Gasteiger partial charge is 0.316 e. The molecule has 3 heterocycles. The van der Waals surface area contributed by atoms with Gasteiger partial charge < -0.3 is 5.32 Å². The molecule has 0 aliphatic carbocycles. The molecule has 0 aromatic heterocycles. The number of fused-ring (bicyclic) bond motifs is 1. The van der Waals surface area contributed by atoms with Crippen LogP contribution in [-0.2, 0) is 10.2 Å². The fourth-order valence-electron chi connectivity index (χ4n) is 3.47. The van der Waals surface area contributed by atoms with Crippen LogP contribution in [0.5, 0.6) is 0 Å². The van der Waals surface area contributed by atoms with Crippen LogP contribution in [0.15, 0.2) is 0 Å². The summed E-state index contributed by atoms with van der Waals surface area (Å²) in [6.07, 6.45) is 4.22. The smallest absolute Gasteiger partial charge is 0.281 e. The third-order valence-electron chi connectivity index (χ3n) is 4.63. The van der Waals surface area contributed by atoms with Crippen molar-refractivity contribution in [3.63, 3.8) is 0 Å². The first kappa shape index (κ1) is 12.8. The molecule has 2 unspecified atom stereocenters. The second-order valence-electron chi connectivity index (χ2n) is 5.79. The summed E-state index contributed by atoms with van der Waals surface area (Å²) in [6.45, 7) is 4.91. The number of rotatable bonds is 2. The molecule has 0 amide bonds. The van der Waals surface area contributed by atoms with E-state index in [-0.39, 0.29) is 0 Å². The van der Waals surface area contributed by atoms with E-state index >= 15 is 0 Å². The third kappa shape index (κ3) is 2.31. The number of piperidine rings is 2. The van der Waals surface area contributed by atoms with Gasteiger partial charge in [0.1, 0.15) is 0 Å². The maximum absolute atomic E-state index is 12.6. The van der Waals surface area contributed by atoms with E-state index in [4.69, 9.17) is 0 Å². The Balaban J connectivity index is 1.69. The highest BCUT2D eigenvalue weighted by molar-refractivity contribution is 7.86. The van der Waals surface area contributed by atoms with Crippen LogP contribution in [0.2, 0.25) is 0 Å². The predicted molar refractivity (Wildman–Crippen MR) is 70.4 cm³/mol. The lowest BCUT2D eigenvalue weighted by Gasteiger charge is -2.37. The molecule has 0 radical (unpaired) electrons.